The first kappa shape index (κ1) is 16.3. The van der Waals surface area contributed by atoms with Crippen LogP contribution in [0.5, 0.6) is 0 Å². The van der Waals surface area contributed by atoms with Crippen LogP contribution in [0.3, 0.4) is 0 Å². The van der Waals surface area contributed by atoms with Crippen LogP contribution in [0, 0.1) is 6.92 Å². The highest BCUT2D eigenvalue weighted by atomic mass is 32.1. The molecule has 25 heavy (non-hydrogen) atoms. The standard InChI is InChI=1S/C19H22N4OS/c1-11(2)14-10-25-18(21-14)19(24)23-9-5-8-15(23)17-20-13-7-4-6-12(3)16(13)22-17/h4,6-7,10-11,15H,5,8-9H2,1-3H3,(H,20,22)/t15-/m1/s1. The van der Waals surface area contributed by atoms with E-state index in [0.717, 1.165) is 47.5 Å². The van der Waals surface area contributed by atoms with Crippen LogP contribution in [0.4, 0.5) is 0 Å². The lowest BCUT2D eigenvalue weighted by Crippen LogP contribution is -2.31. The number of nitrogens with one attached hydrogen (secondary N) is 1. The van der Waals surface area contributed by atoms with Crippen molar-refractivity contribution >= 4 is 28.3 Å². The average Bonchev–Trinajstić information content (AvgIpc) is 3.32. The third kappa shape index (κ3) is 2.84. The highest BCUT2D eigenvalue weighted by molar-refractivity contribution is 7.11. The number of carbonyl (C=O) groups excluding carboxylic acids is 1. The third-order valence-corrected chi connectivity index (χ3v) is 5.71. The van der Waals surface area contributed by atoms with E-state index in [0.29, 0.717) is 10.9 Å². The molecular formula is C19H22N4OS. The number of nitrogens with zero attached hydrogens (tertiary/aromatic N) is 3. The number of hydrogen-bond acceptors (Lipinski definition) is 4. The second-order valence-corrected chi connectivity index (χ2v) is 7.84. The number of fused-ring (bicyclic) bond motifs is 1. The Morgan fingerprint density at radius 3 is 2.92 bits per heavy atom. The van der Waals surface area contributed by atoms with Gasteiger partial charge < -0.3 is 9.88 Å². The Morgan fingerprint density at radius 1 is 1.36 bits per heavy atom. The summed E-state index contributed by atoms with van der Waals surface area (Å²) in [6.07, 6.45) is 1.93. The molecule has 0 saturated carbocycles. The first-order chi connectivity index (χ1) is 12.0. The van der Waals surface area contributed by atoms with Gasteiger partial charge in [0.2, 0.25) is 0 Å². The van der Waals surface area contributed by atoms with Crippen LogP contribution in [0.1, 0.15) is 65.5 Å². The predicted molar refractivity (Wildman–Crippen MR) is 100 cm³/mol. The number of benzene rings is 1. The number of H-pyrrole nitrogens is 1. The van der Waals surface area contributed by atoms with Crippen molar-refractivity contribution in [2.75, 3.05) is 6.54 Å². The number of para-hydroxylation sites is 1. The molecule has 0 radical (unpaired) electrons. The molecule has 1 atom stereocenters. The summed E-state index contributed by atoms with van der Waals surface area (Å²) in [4.78, 5) is 27.6. The van der Waals surface area contributed by atoms with E-state index in [1.165, 1.54) is 11.3 Å². The molecule has 1 amide bonds. The lowest BCUT2D eigenvalue weighted by molar-refractivity contribution is 0.0730. The number of likely N-dealkylation sites (tertiary alicyclic amines) is 1. The summed E-state index contributed by atoms with van der Waals surface area (Å²) in [5.41, 5.74) is 4.17. The normalized spacial score (nSPS) is 17.8. The minimum absolute atomic E-state index is 0.00528. The van der Waals surface area contributed by atoms with Crippen LogP contribution in [-0.2, 0) is 0 Å². The summed E-state index contributed by atoms with van der Waals surface area (Å²) in [6.45, 7) is 7.01. The molecule has 4 rings (SSSR count). The van der Waals surface area contributed by atoms with Gasteiger partial charge in [-0.2, -0.15) is 0 Å². The average molecular weight is 354 g/mol. The van der Waals surface area contributed by atoms with Gasteiger partial charge in [-0.1, -0.05) is 26.0 Å². The number of amides is 1. The zero-order chi connectivity index (χ0) is 17.6. The van der Waals surface area contributed by atoms with Crippen LogP contribution >= 0.6 is 11.3 Å². The van der Waals surface area contributed by atoms with Crippen molar-refractivity contribution < 1.29 is 4.79 Å². The summed E-state index contributed by atoms with van der Waals surface area (Å²) in [7, 11) is 0. The van der Waals surface area contributed by atoms with Crippen molar-refractivity contribution in [2.45, 2.75) is 45.6 Å². The van der Waals surface area contributed by atoms with Gasteiger partial charge in [0.15, 0.2) is 5.01 Å². The summed E-state index contributed by atoms with van der Waals surface area (Å²) >= 11 is 1.44. The van der Waals surface area contributed by atoms with E-state index in [9.17, 15) is 4.79 Å². The van der Waals surface area contributed by atoms with Gasteiger partial charge in [0, 0.05) is 11.9 Å². The Morgan fingerprint density at radius 2 is 2.20 bits per heavy atom. The molecule has 1 saturated heterocycles. The van der Waals surface area contributed by atoms with Crippen molar-refractivity contribution in [3.05, 3.63) is 45.7 Å². The molecule has 6 heteroatoms. The van der Waals surface area contributed by atoms with Crippen LogP contribution in [-0.4, -0.2) is 32.3 Å². The zero-order valence-electron chi connectivity index (χ0n) is 14.7. The molecule has 0 unspecified atom stereocenters. The van der Waals surface area contributed by atoms with Gasteiger partial charge in [-0.3, -0.25) is 4.79 Å². The van der Waals surface area contributed by atoms with E-state index in [2.05, 4.69) is 36.8 Å². The zero-order valence-corrected chi connectivity index (χ0v) is 15.6. The Kier molecular flexibility index (Phi) is 4.07. The Labute approximate surface area is 151 Å². The molecule has 1 aliphatic rings. The van der Waals surface area contributed by atoms with Crippen molar-refractivity contribution in [2.24, 2.45) is 0 Å². The number of imidazole rings is 1. The fraction of sp³-hybridized carbons (Fsp3) is 0.421. The van der Waals surface area contributed by atoms with Crippen LogP contribution in [0.25, 0.3) is 11.0 Å². The molecule has 5 nitrogen and oxygen atoms in total. The molecule has 1 aliphatic heterocycles. The van der Waals surface area contributed by atoms with E-state index in [-0.39, 0.29) is 11.9 Å². The van der Waals surface area contributed by atoms with Crippen molar-refractivity contribution in [3.8, 4) is 0 Å². The van der Waals surface area contributed by atoms with E-state index in [1.807, 2.05) is 22.4 Å². The fourth-order valence-electron chi connectivity index (χ4n) is 3.42. The Bertz CT molecular complexity index is 927. The van der Waals surface area contributed by atoms with Gasteiger partial charge >= 0.3 is 0 Å². The highest BCUT2D eigenvalue weighted by Gasteiger charge is 2.34. The first-order valence-electron chi connectivity index (χ1n) is 8.76. The maximum atomic E-state index is 13.0. The lowest BCUT2D eigenvalue weighted by atomic mass is 10.2. The van der Waals surface area contributed by atoms with Gasteiger partial charge in [0.05, 0.1) is 22.8 Å². The van der Waals surface area contributed by atoms with E-state index in [1.54, 1.807) is 0 Å². The van der Waals surface area contributed by atoms with Gasteiger partial charge in [0.1, 0.15) is 5.82 Å². The second kappa shape index (κ2) is 6.26. The van der Waals surface area contributed by atoms with Gasteiger partial charge in [-0.25, -0.2) is 9.97 Å². The minimum atomic E-state index is 0.00528. The summed E-state index contributed by atoms with van der Waals surface area (Å²) in [5.74, 6) is 1.25. The van der Waals surface area contributed by atoms with E-state index in [4.69, 9.17) is 4.98 Å². The number of aromatic amines is 1. The molecule has 1 N–H and O–H groups in total. The number of carbonyl (C=O) groups is 1. The molecule has 2 aromatic heterocycles. The highest BCUT2D eigenvalue weighted by Crippen LogP contribution is 2.33. The summed E-state index contributed by atoms with van der Waals surface area (Å²) in [6, 6.07) is 6.13. The van der Waals surface area contributed by atoms with E-state index < -0.39 is 0 Å². The van der Waals surface area contributed by atoms with Crippen molar-refractivity contribution in [1.29, 1.82) is 0 Å². The molecule has 130 valence electrons. The van der Waals surface area contributed by atoms with Gasteiger partial charge in [-0.05, 0) is 37.3 Å². The molecular weight excluding hydrogens is 332 g/mol. The topological polar surface area (TPSA) is 61.9 Å². The third-order valence-electron chi connectivity index (χ3n) is 4.86. The van der Waals surface area contributed by atoms with Crippen LogP contribution < -0.4 is 0 Å². The fourth-order valence-corrected chi connectivity index (χ4v) is 4.35. The molecule has 1 aromatic carbocycles. The predicted octanol–water partition coefficient (Wildman–Crippen LogP) is 4.43. The van der Waals surface area contributed by atoms with Gasteiger partial charge in [-0.15, -0.1) is 11.3 Å². The molecule has 0 aliphatic carbocycles. The Balaban J connectivity index is 1.64. The van der Waals surface area contributed by atoms with Gasteiger partial charge in [0.25, 0.3) is 5.91 Å². The van der Waals surface area contributed by atoms with Crippen LogP contribution in [0.15, 0.2) is 23.6 Å². The molecule has 3 aromatic rings. The smallest absolute Gasteiger partial charge is 0.283 e. The Hall–Kier alpha value is -2.21. The monoisotopic (exact) mass is 354 g/mol. The molecule has 3 heterocycles. The SMILES string of the molecule is Cc1cccc2[nH]c([C@H]3CCCN3C(=O)c3nc(C(C)C)cs3)nc12. The number of aromatic nitrogens is 3. The largest absolute Gasteiger partial charge is 0.340 e. The van der Waals surface area contributed by atoms with Crippen LogP contribution in [0.2, 0.25) is 0 Å². The molecule has 0 spiro atoms. The lowest BCUT2D eigenvalue weighted by Gasteiger charge is -2.22. The molecule has 0 bridgehead atoms. The van der Waals surface area contributed by atoms with Crippen molar-refractivity contribution in [1.82, 2.24) is 19.9 Å². The second-order valence-electron chi connectivity index (χ2n) is 6.98. The van der Waals surface area contributed by atoms with E-state index >= 15 is 0 Å². The number of aryl methyl sites for hydroxylation is 1. The number of rotatable bonds is 3. The van der Waals surface area contributed by atoms with Crippen molar-refractivity contribution in [3.63, 3.8) is 0 Å². The maximum absolute atomic E-state index is 13.0. The minimum Gasteiger partial charge on any atom is -0.340 e. The number of thiazole rings is 1. The summed E-state index contributed by atoms with van der Waals surface area (Å²) in [5, 5.41) is 2.58. The quantitative estimate of drug-likeness (QED) is 0.757. The first-order valence-corrected chi connectivity index (χ1v) is 9.64. The molecule has 1 fully saturated rings. The summed E-state index contributed by atoms with van der Waals surface area (Å²) < 4.78 is 0. The number of hydrogen-bond donors (Lipinski definition) is 1. The maximum Gasteiger partial charge on any atom is 0.283 e.